The highest BCUT2D eigenvalue weighted by Gasteiger charge is 1.90. The average Bonchev–Trinajstić information content (AvgIpc) is 2.41. The maximum atomic E-state index is 9.78. The minimum Gasteiger partial charge on any atom is -0.368 e. The van der Waals surface area contributed by atoms with Gasteiger partial charge in [0.2, 0.25) is 10.0 Å². The summed E-state index contributed by atoms with van der Waals surface area (Å²) in [5.74, 6) is 0.0208. The Labute approximate surface area is 66.5 Å². The van der Waals surface area contributed by atoms with Crippen LogP contribution in [0.4, 0.5) is 0 Å². The molecule has 0 atom stereocenters. The van der Waals surface area contributed by atoms with Crippen molar-refractivity contribution in [3.63, 3.8) is 0 Å². The normalized spacial score (nSPS) is 10.0. The largest absolute Gasteiger partial charge is 0.368 e. The molecule has 11 heavy (non-hydrogen) atoms. The second-order valence-electron chi connectivity index (χ2n) is 1.84. The third-order valence-electron chi connectivity index (χ3n) is 0.898. The van der Waals surface area contributed by atoms with Crippen molar-refractivity contribution in [2.45, 2.75) is 6.92 Å². The summed E-state index contributed by atoms with van der Waals surface area (Å²) in [5.41, 5.74) is 0. The highest BCUT2D eigenvalue weighted by atomic mass is 32.2. The molecule has 0 aromatic carbocycles. The van der Waals surface area contributed by atoms with Gasteiger partial charge in [-0.1, -0.05) is 0 Å². The van der Waals surface area contributed by atoms with E-state index in [1.165, 1.54) is 6.92 Å². The fourth-order valence-electron chi connectivity index (χ4n) is 0.278. The maximum absolute atomic E-state index is 9.78. The first-order valence-corrected chi connectivity index (χ1v) is 4.86. The SMILES string of the molecule is CCS(N)(=O)=O.c1cc[nH]c1. The molecule has 1 aromatic heterocycles. The van der Waals surface area contributed by atoms with Crippen LogP contribution in [0.15, 0.2) is 24.5 Å². The Morgan fingerprint density at radius 1 is 1.36 bits per heavy atom. The van der Waals surface area contributed by atoms with Crippen molar-refractivity contribution >= 4 is 10.0 Å². The van der Waals surface area contributed by atoms with Crippen molar-refractivity contribution < 1.29 is 8.42 Å². The van der Waals surface area contributed by atoms with E-state index in [2.05, 4.69) is 10.1 Å². The van der Waals surface area contributed by atoms with E-state index in [-0.39, 0.29) is 5.75 Å². The molecule has 5 heteroatoms. The number of aromatic amines is 1. The average molecular weight is 176 g/mol. The van der Waals surface area contributed by atoms with Gasteiger partial charge >= 0.3 is 0 Å². The fraction of sp³-hybridized carbons (Fsp3) is 0.333. The van der Waals surface area contributed by atoms with Crippen LogP contribution in [0.5, 0.6) is 0 Å². The van der Waals surface area contributed by atoms with Crippen LogP contribution in [0.25, 0.3) is 0 Å². The van der Waals surface area contributed by atoms with Crippen molar-refractivity contribution in [3.8, 4) is 0 Å². The molecule has 0 fully saturated rings. The molecule has 0 unspecified atom stereocenters. The van der Waals surface area contributed by atoms with Crippen LogP contribution in [-0.2, 0) is 10.0 Å². The van der Waals surface area contributed by atoms with E-state index in [0.29, 0.717) is 0 Å². The summed E-state index contributed by atoms with van der Waals surface area (Å²) < 4.78 is 19.6. The highest BCUT2D eigenvalue weighted by molar-refractivity contribution is 7.89. The summed E-state index contributed by atoms with van der Waals surface area (Å²) in [5, 5.41) is 4.51. The molecule has 1 aromatic rings. The van der Waals surface area contributed by atoms with Crippen LogP contribution >= 0.6 is 0 Å². The maximum Gasteiger partial charge on any atom is 0.208 e. The topological polar surface area (TPSA) is 76.0 Å². The lowest BCUT2D eigenvalue weighted by Gasteiger charge is -1.81. The number of nitrogens with two attached hydrogens (primary N) is 1. The van der Waals surface area contributed by atoms with Crippen LogP contribution < -0.4 is 5.14 Å². The van der Waals surface area contributed by atoms with Crippen molar-refractivity contribution in [2.24, 2.45) is 5.14 Å². The van der Waals surface area contributed by atoms with Gasteiger partial charge in [0.05, 0.1) is 5.75 Å². The molecule has 0 aliphatic rings. The Bertz CT molecular complexity index is 235. The predicted molar refractivity (Wildman–Crippen MR) is 44.4 cm³/mol. The summed E-state index contributed by atoms with van der Waals surface area (Å²) in [7, 11) is -3.16. The van der Waals surface area contributed by atoms with Crippen molar-refractivity contribution in [3.05, 3.63) is 24.5 Å². The van der Waals surface area contributed by atoms with Crippen molar-refractivity contribution in [2.75, 3.05) is 5.75 Å². The molecule has 0 saturated carbocycles. The Kier molecular flexibility index (Phi) is 4.56. The zero-order valence-electron chi connectivity index (χ0n) is 6.32. The van der Waals surface area contributed by atoms with E-state index < -0.39 is 10.0 Å². The third-order valence-corrected chi connectivity index (χ3v) is 1.70. The molecular formula is C6H12N2O2S. The standard InChI is InChI=1S/C4H5N.C2H7NO2S/c1-2-4-5-3-1;1-2-6(3,4)5/h1-5H;2H2,1H3,(H2,3,4,5). The van der Waals surface area contributed by atoms with E-state index in [1.54, 1.807) is 0 Å². The molecule has 0 aliphatic heterocycles. The molecule has 64 valence electrons. The number of aromatic nitrogens is 1. The third kappa shape index (κ3) is 9.19. The second kappa shape index (κ2) is 4.92. The lowest BCUT2D eigenvalue weighted by molar-refractivity contribution is 0.599. The lowest BCUT2D eigenvalue weighted by atomic mass is 10.7. The molecule has 0 spiro atoms. The number of rotatable bonds is 1. The van der Waals surface area contributed by atoms with Gasteiger partial charge in [-0.15, -0.1) is 0 Å². The fourth-order valence-corrected chi connectivity index (χ4v) is 0.278. The van der Waals surface area contributed by atoms with E-state index in [9.17, 15) is 8.42 Å². The Morgan fingerprint density at radius 3 is 1.82 bits per heavy atom. The summed E-state index contributed by atoms with van der Waals surface area (Å²) in [6.45, 7) is 1.50. The van der Waals surface area contributed by atoms with Crippen molar-refractivity contribution in [1.82, 2.24) is 4.98 Å². The van der Waals surface area contributed by atoms with Gasteiger partial charge in [0, 0.05) is 12.4 Å². The monoisotopic (exact) mass is 176 g/mol. The minimum atomic E-state index is -3.16. The first kappa shape index (κ1) is 10.2. The lowest BCUT2D eigenvalue weighted by Crippen LogP contribution is -2.13. The number of hydrogen-bond acceptors (Lipinski definition) is 2. The molecule has 0 radical (unpaired) electrons. The number of H-pyrrole nitrogens is 1. The summed E-state index contributed by atoms with van der Waals surface area (Å²) in [6, 6.07) is 3.89. The van der Waals surface area contributed by atoms with Crippen LogP contribution in [0.1, 0.15) is 6.92 Å². The van der Waals surface area contributed by atoms with Gasteiger partial charge in [-0.2, -0.15) is 0 Å². The van der Waals surface area contributed by atoms with Crippen LogP contribution in [-0.4, -0.2) is 19.2 Å². The number of hydrogen-bond donors (Lipinski definition) is 2. The molecule has 1 rings (SSSR count). The van der Waals surface area contributed by atoms with Gasteiger partial charge in [0.1, 0.15) is 0 Å². The van der Waals surface area contributed by atoms with E-state index in [4.69, 9.17) is 0 Å². The van der Waals surface area contributed by atoms with Gasteiger partial charge in [-0.25, -0.2) is 13.6 Å². The summed E-state index contributed by atoms with van der Waals surface area (Å²) in [6.07, 6.45) is 3.75. The molecule has 0 bridgehead atoms. The minimum absolute atomic E-state index is 0.0208. The van der Waals surface area contributed by atoms with Gasteiger partial charge in [-0.3, -0.25) is 0 Å². The molecule has 0 amide bonds. The van der Waals surface area contributed by atoms with Crippen LogP contribution in [0.3, 0.4) is 0 Å². The zero-order chi connectivity index (χ0) is 8.74. The number of nitrogens with one attached hydrogen (secondary N) is 1. The first-order chi connectivity index (χ1) is 5.06. The van der Waals surface area contributed by atoms with Crippen LogP contribution in [0, 0.1) is 0 Å². The van der Waals surface area contributed by atoms with Gasteiger partial charge in [0.15, 0.2) is 0 Å². The van der Waals surface area contributed by atoms with E-state index in [0.717, 1.165) is 0 Å². The van der Waals surface area contributed by atoms with Gasteiger partial charge < -0.3 is 4.98 Å². The molecule has 4 nitrogen and oxygen atoms in total. The summed E-state index contributed by atoms with van der Waals surface area (Å²) in [4.78, 5) is 2.86. The molecule has 0 saturated heterocycles. The molecular weight excluding hydrogens is 164 g/mol. The first-order valence-electron chi connectivity index (χ1n) is 3.14. The predicted octanol–water partition coefficient (Wildman–Crippen LogP) is 0.309. The van der Waals surface area contributed by atoms with E-state index in [1.807, 2.05) is 24.5 Å². The molecule has 1 heterocycles. The summed E-state index contributed by atoms with van der Waals surface area (Å²) >= 11 is 0. The number of sulfonamides is 1. The zero-order valence-corrected chi connectivity index (χ0v) is 7.14. The Balaban J connectivity index is 0.000000183. The smallest absolute Gasteiger partial charge is 0.208 e. The van der Waals surface area contributed by atoms with Gasteiger partial charge in [0.25, 0.3) is 0 Å². The van der Waals surface area contributed by atoms with Gasteiger partial charge in [-0.05, 0) is 19.1 Å². The number of primary sulfonamides is 1. The Morgan fingerprint density at radius 2 is 1.73 bits per heavy atom. The Hall–Kier alpha value is -0.810. The van der Waals surface area contributed by atoms with Crippen LogP contribution in [0.2, 0.25) is 0 Å². The van der Waals surface area contributed by atoms with E-state index >= 15 is 0 Å². The quantitative estimate of drug-likeness (QED) is 0.646. The second-order valence-corrected chi connectivity index (χ2v) is 3.74. The molecule has 3 N–H and O–H groups in total. The molecule has 0 aliphatic carbocycles. The van der Waals surface area contributed by atoms with Crippen molar-refractivity contribution in [1.29, 1.82) is 0 Å². The highest BCUT2D eigenvalue weighted by Crippen LogP contribution is 1.72.